The monoisotopic (exact) mass is 365 g/mol. The maximum Gasteiger partial charge on any atom is 0.494 e. The lowest BCUT2D eigenvalue weighted by Gasteiger charge is -2.32. The Morgan fingerprint density at radius 1 is 0.923 bits per heavy atom. The molecular formula is C20H36BNO4. The van der Waals surface area contributed by atoms with Crippen LogP contribution in [0.3, 0.4) is 0 Å². The molecule has 1 aromatic rings. The molecule has 0 aromatic heterocycles. The molecule has 0 amide bonds. The Bertz CT molecular complexity index is 503. The van der Waals surface area contributed by atoms with E-state index in [0.717, 1.165) is 30.9 Å². The van der Waals surface area contributed by atoms with Gasteiger partial charge in [-0.1, -0.05) is 26.0 Å². The molecule has 1 saturated heterocycles. The summed E-state index contributed by atoms with van der Waals surface area (Å²) in [6.45, 7) is 15.4. The molecule has 1 aliphatic rings. The summed E-state index contributed by atoms with van der Waals surface area (Å²) < 4.78 is 23.0. The van der Waals surface area contributed by atoms with Crippen molar-refractivity contribution >= 4 is 12.6 Å². The lowest BCUT2D eigenvalue weighted by molar-refractivity contribution is 0.00578. The van der Waals surface area contributed by atoms with Gasteiger partial charge in [-0.05, 0) is 52.3 Å². The Hall–Kier alpha value is -1.08. The van der Waals surface area contributed by atoms with Crippen LogP contribution in [0, 0.1) is 0 Å². The van der Waals surface area contributed by atoms with Gasteiger partial charge < -0.3 is 23.7 Å². The molecule has 6 heteroatoms. The SMILES string of the molecule is CC.COCCN(C)CCOc1ccc(B2OC(C)(C)C(C)(C)O2)cc1. The van der Waals surface area contributed by atoms with E-state index in [2.05, 4.69) is 39.6 Å². The minimum Gasteiger partial charge on any atom is -0.492 e. The highest BCUT2D eigenvalue weighted by Gasteiger charge is 2.51. The summed E-state index contributed by atoms with van der Waals surface area (Å²) in [6, 6.07) is 7.95. The highest BCUT2D eigenvalue weighted by molar-refractivity contribution is 6.62. The molecule has 148 valence electrons. The van der Waals surface area contributed by atoms with Gasteiger partial charge >= 0.3 is 7.12 Å². The molecule has 5 nitrogen and oxygen atoms in total. The van der Waals surface area contributed by atoms with Gasteiger partial charge in [0, 0.05) is 20.2 Å². The van der Waals surface area contributed by atoms with Gasteiger partial charge in [0.15, 0.2) is 0 Å². The molecule has 1 aromatic carbocycles. The number of nitrogens with zero attached hydrogens (tertiary/aromatic N) is 1. The fraction of sp³-hybridized carbons (Fsp3) is 0.700. The minimum absolute atomic E-state index is 0.320. The van der Waals surface area contributed by atoms with Crippen molar-refractivity contribution in [1.82, 2.24) is 4.90 Å². The van der Waals surface area contributed by atoms with Gasteiger partial charge in [0.05, 0.1) is 17.8 Å². The largest absolute Gasteiger partial charge is 0.494 e. The first-order valence-electron chi connectivity index (χ1n) is 9.51. The van der Waals surface area contributed by atoms with Crippen LogP contribution in [0.2, 0.25) is 0 Å². The van der Waals surface area contributed by atoms with Gasteiger partial charge in [0.2, 0.25) is 0 Å². The summed E-state index contributed by atoms with van der Waals surface area (Å²) in [7, 11) is 3.44. The molecule has 1 heterocycles. The van der Waals surface area contributed by atoms with Crippen molar-refractivity contribution in [3.63, 3.8) is 0 Å². The molecule has 0 saturated carbocycles. The third kappa shape index (κ3) is 6.27. The van der Waals surface area contributed by atoms with Gasteiger partial charge in [-0.15, -0.1) is 0 Å². The molecule has 0 unspecified atom stereocenters. The molecule has 2 rings (SSSR count). The maximum absolute atomic E-state index is 6.06. The van der Waals surface area contributed by atoms with Crippen molar-refractivity contribution in [2.24, 2.45) is 0 Å². The first-order chi connectivity index (χ1) is 12.2. The number of hydrogen-bond donors (Lipinski definition) is 0. The Morgan fingerprint density at radius 3 is 1.92 bits per heavy atom. The normalized spacial score (nSPS) is 17.8. The highest BCUT2D eigenvalue weighted by atomic mass is 16.7. The van der Waals surface area contributed by atoms with Crippen molar-refractivity contribution in [1.29, 1.82) is 0 Å². The van der Waals surface area contributed by atoms with Crippen LogP contribution in [-0.2, 0) is 14.0 Å². The van der Waals surface area contributed by atoms with Crippen molar-refractivity contribution in [2.45, 2.75) is 52.7 Å². The topological polar surface area (TPSA) is 40.2 Å². The summed E-state index contributed by atoms with van der Waals surface area (Å²) in [5, 5.41) is 0. The van der Waals surface area contributed by atoms with E-state index >= 15 is 0 Å². The second-order valence-electron chi connectivity index (χ2n) is 7.30. The van der Waals surface area contributed by atoms with Gasteiger partial charge in [-0.3, -0.25) is 0 Å². The molecule has 0 aliphatic carbocycles. The Kier molecular flexibility index (Phi) is 9.11. The van der Waals surface area contributed by atoms with E-state index in [1.54, 1.807) is 7.11 Å². The number of methoxy groups -OCH3 is 1. The summed E-state index contributed by atoms with van der Waals surface area (Å²) in [5.41, 5.74) is 0.373. The molecule has 0 N–H and O–H groups in total. The van der Waals surface area contributed by atoms with E-state index in [0.29, 0.717) is 6.61 Å². The number of benzene rings is 1. The van der Waals surface area contributed by atoms with E-state index < -0.39 is 0 Å². The van der Waals surface area contributed by atoms with Gasteiger partial charge in [0.25, 0.3) is 0 Å². The minimum atomic E-state index is -0.329. The average molecular weight is 365 g/mol. The van der Waals surface area contributed by atoms with Gasteiger partial charge in [0.1, 0.15) is 12.4 Å². The first-order valence-corrected chi connectivity index (χ1v) is 9.51. The Labute approximate surface area is 160 Å². The lowest BCUT2D eigenvalue weighted by atomic mass is 9.79. The Balaban J connectivity index is 0.00000163. The van der Waals surface area contributed by atoms with Crippen molar-refractivity contribution in [3.8, 4) is 5.75 Å². The van der Waals surface area contributed by atoms with Crippen LogP contribution in [0.5, 0.6) is 5.75 Å². The number of likely N-dealkylation sites (N-methyl/N-ethyl adjacent to an activating group) is 1. The third-order valence-corrected chi connectivity index (χ3v) is 4.82. The van der Waals surface area contributed by atoms with Gasteiger partial charge in [-0.2, -0.15) is 0 Å². The van der Waals surface area contributed by atoms with Crippen LogP contribution in [0.4, 0.5) is 0 Å². The molecule has 0 spiro atoms. The quantitative estimate of drug-likeness (QED) is 0.663. The number of hydrogen-bond acceptors (Lipinski definition) is 5. The second-order valence-corrected chi connectivity index (χ2v) is 7.30. The number of ether oxygens (including phenoxy) is 2. The molecule has 0 radical (unpaired) electrons. The van der Waals surface area contributed by atoms with E-state index in [-0.39, 0.29) is 18.3 Å². The third-order valence-electron chi connectivity index (χ3n) is 4.82. The molecule has 0 atom stereocenters. The predicted octanol–water partition coefficient (Wildman–Crippen LogP) is 2.97. The predicted molar refractivity (Wildman–Crippen MR) is 108 cm³/mol. The smallest absolute Gasteiger partial charge is 0.492 e. The highest BCUT2D eigenvalue weighted by Crippen LogP contribution is 2.36. The van der Waals surface area contributed by atoms with Crippen molar-refractivity contribution < 1.29 is 18.8 Å². The standard InChI is InChI=1S/C18H30BNO4.C2H6/c1-17(2)18(3,4)24-19(23-17)15-7-9-16(10-8-15)22-14-12-20(5)11-13-21-6;1-2/h7-10H,11-14H2,1-6H3;1-2H3. The van der Waals surface area contributed by atoms with E-state index in [9.17, 15) is 0 Å². The van der Waals surface area contributed by atoms with Crippen LogP contribution in [0.25, 0.3) is 0 Å². The van der Waals surface area contributed by atoms with Crippen molar-refractivity contribution in [3.05, 3.63) is 24.3 Å². The molecule has 26 heavy (non-hydrogen) atoms. The van der Waals surface area contributed by atoms with E-state index in [4.69, 9.17) is 18.8 Å². The zero-order valence-electron chi connectivity index (χ0n) is 17.8. The summed E-state index contributed by atoms with van der Waals surface area (Å²) in [4.78, 5) is 2.18. The fourth-order valence-electron chi connectivity index (χ4n) is 2.38. The van der Waals surface area contributed by atoms with Crippen LogP contribution in [0.15, 0.2) is 24.3 Å². The summed E-state index contributed by atoms with van der Waals surface area (Å²) >= 11 is 0. The fourth-order valence-corrected chi connectivity index (χ4v) is 2.38. The summed E-state index contributed by atoms with van der Waals surface area (Å²) in [5.74, 6) is 0.857. The van der Waals surface area contributed by atoms with E-state index in [1.807, 2.05) is 38.1 Å². The lowest BCUT2D eigenvalue weighted by Crippen LogP contribution is -2.41. The van der Waals surface area contributed by atoms with E-state index in [1.165, 1.54) is 0 Å². The molecular weight excluding hydrogens is 329 g/mol. The van der Waals surface area contributed by atoms with Crippen LogP contribution in [-0.4, -0.2) is 63.7 Å². The molecule has 0 bridgehead atoms. The molecule has 1 aliphatic heterocycles. The van der Waals surface area contributed by atoms with Crippen molar-refractivity contribution in [2.75, 3.05) is 40.5 Å². The summed E-state index contributed by atoms with van der Waals surface area (Å²) in [6.07, 6.45) is 0. The maximum atomic E-state index is 6.06. The van der Waals surface area contributed by atoms with Crippen LogP contribution < -0.4 is 10.2 Å². The number of rotatable bonds is 8. The second kappa shape index (κ2) is 10.3. The average Bonchev–Trinajstić information content (AvgIpc) is 2.83. The zero-order valence-corrected chi connectivity index (χ0v) is 17.8. The Morgan fingerprint density at radius 2 is 1.42 bits per heavy atom. The first kappa shape index (κ1) is 23.0. The zero-order chi connectivity index (χ0) is 19.8. The molecule has 1 fully saturated rings. The van der Waals surface area contributed by atoms with Gasteiger partial charge in [-0.25, -0.2) is 0 Å². The van der Waals surface area contributed by atoms with Crippen LogP contribution >= 0.6 is 0 Å². The van der Waals surface area contributed by atoms with Crippen LogP contribution in [0.1, 0.15) is 41.5 Å².